The number of nitrogens with zero attached hydrogens (tertiary/aromatic N) is 2. The van der Waals surface area contributed by atoms with Crippen molar-refractivity contribution in [1.82, 2.24) is 4.98 Å². The lowest BCUT2D eigenvalue weighted by molar-refractivity contribution is 0.00578. The molecule has 0 N–H and O–H groups in total. The van der Waals surface area contributed by atoms with Crippen LogP contribution >= 0.6 is 0 Å². The zero-order valence-electron chi connectivity index (χ0n) is 27.8. The van der Waals surface area contributed by atoms with Gasteiger partial charge in [0, 0.05) is 39.2 Å². The lowest BCUT2D eigenvalue weighted by atomic mass is 9.80. The highest BCUT2D eigenvalue weighted by Crippen LogP contribution is 2.36. The SMILES string of the molecule is [2H]c1nc([2H])c(N2C([2H])([2H])C([2H])([2H])C([2H])([2H])C([2H])([2H])C2([2H])C([2H])([2H])[2H])c([2H])c1B1OC(C)(C)C(C)(C)O1. The second-order valence-electron chi connectivity index (χ2n) is 5.98. The summed E-state index contributed by atoms with van der Waals surface area (Å²) in [4.78, 5) is 3.40. The number of rotatable bonds is 2. The van der Waals surface area contributed by atoms with Crippen LogP contribution in [0, 0.1) is 0 Å². The Bertz CT molecular complexity index is 1110. The van der Waals surface area contributed by atoms with Crippen LogP contribution in [0.4, 0.5) is 5.69 Å². The van der Waals surface area contributed by atoms with E-state index in [2.05, 4.69) is 4.98 Å². The van der Waals surface area contributed by atoms with Crippen LogP contribution in [0.2, 0.25) is 0 Å². The fourth-order valence-corrected chi connectivity index (χ4v) is 1.96. The van der Waals surface area contributed by atoms with Gasteiger partial charge in [0.1, 0.15) is 0 Å². The standard InChI is InChI=1S/C17H27BN2O2/c1-13-8-6-7-9-20(13)15-10-14(11-19-12-15)18-21-16(2,3)17(4,5)22-18/h10-13H,6-9H2,1-5H3/i1D3,6D2,7D2,8D2,9D2,10D,11D,12D,13D. The van der Waals surface area contributed by atoms with Gasteiger partial charge in [-0.05, 0) is 59.7 Å². The third-order valence-corrected chi connectivity index (χ3v) is 3.94. The van der Waals surface area contributed by atoms with Crippen LogP contribution in [0.25, 0.3) is 0 Å². The Balaban J connectivity index is 2.44. The predicted molar refractivity (Wildman–Crippen MR) is 90.6 cm³/mol. The molecule has 1 unspecified atom stereocenters. The molecule has 0 saturated carbocycles. The predicted octanol–water partition coefficient (Wildman–Crippen LogP) is 2.76. The van der Waals surface area contributed by atoms with Gasteiger partial charge in [-0.2, -0.15) is 0 Å². The molecule has 2 saturated heterocycles. The van der Waals surface area contributed by atoms with E-state index in [0.717, 1.165) is 0 Å². The number of hydrogen-bond acceptors (Lipinski definition) is 4. The van der Waals surface area contributed by atoms with Crippen molar-refractivity contribution in [2.24, 2.45) is 0 Å². The van der Waals surface area contributed by atoms with Gasteiger partial charge in [0.05, 0.1) is 28.5 Å². The van der Waals surface area contributed by atoms with Gasteiger partial charge < -0.3 is 14.2 Å². The maximum atomic E-state index is 8.75. The van der Waals surface area contributed by atoms with E-state index in [1.54, 1.807) is 27.7 Å². The molecule has 3 rings (SSSR count). The average Bonchev–Trinajstić information content (AvgIpc) is 2.88. The summed E-state index contributed by atoms with van der Waals surface area (Å²) in [5, 5.41) is 0. The summed E-state index contributed by atoms with van der Waals surface area (Å²) in [6.07, 6.45) is -13.4. The summed E-state index contributed by atoms with van der Waals surface area (Å²) in [5.41, 5.74) is -3.58. The number of aromatic nitrogens is 1. The lowest BCUT2D eigenvalue weighted by Crippen LogP contribution is -2.41. The van der Waals surface area contributed by atoms with Crippen LogP contribution in [-0.2, 0) is 9.31 Å². The van der Waals surface area contributed by atoms with Crippen molar-refractivity contribution in [2.75, 3.05) is 11.4 Å². The Hall–Kier alpha value is -1.07. The number of piperidine rings is 1. The van der Waals surface area contributed by atoms with Gasteiger partial charge in [-0.1, -0.05) is 0 Å². The minimum Gasteiger partial charge on any atom is -0.399 e. The Morgan fingerprint density at radius 3 is 2.77 bits per heavy atom. The molecule has 1 aromatic heterocycles. The first-order chi connectivity index (χ1) is 16.1. The van der Waals surface area contributed by atoms with Crippen molar-refractivity contribution in [1.29, 1.82) is 0 Å². The first-order valence-electron chi connectivity index (χ1n) is 14.3. The molecule has 0 aliphatic carbocycles. The molecule has 2 aliphatic rings. The molecule has 22 heavy (non-hydrogen) atoms. The van der Waals surface area contributed by atoms with Gasteiger partial charge >= 0.3 is 7.12 Å². The highest BCUT2D eigenvalue weighted by Gasteiger charge is 2.51. The largest absolute Gasteiger partial charge is 0.496 e. The second-order valence-corrected chi connectivity index (χ2v) is 5.98. The van der Waals surface area contributed by atoms with Crippen molar-refractivity contribution in [3.05, 3.63) is 18.4 Å². The highest BCUT2D eigenvalue weighted by molar-refractivity contribution is 6.62. The first-order valence-corrected chi connectivity index (χ1v) is 6.79. The molecule has 2 fully saturated rings. The lowest BCUT2D eigenvalue weighted by Gasteiger charge is -2.35. The van der Waals surface area contributed by atoms with Crippen molar-refractivity contribution >= 4 is 18.3 Å². The van der Waals surface area contributed by atoms with Crippen molar-refractivity contribution in [3.63, 3.8) is 0 Å². The summed E-state index contributed by atoms with van der Waals surface area (Å²) in [5.74, 6) is 0. The molecule has 4 nitrogen and oxygen atoms in total. The fraction of sp³-hybridized carbons (Fsp3) is 0.706. The zero-order chi connectivity index (χ0) is 29.2. The Kier molecular flexibility index (Phi) is 1.45. The Labute approximate surface area is 155 Å². The molecule has 1 aromatic rings. The third-order valence-electron chi connectivity index (χ3n) is 3.94. The van der Waals surface area contributed by atoms with E-state index < -0.39 is 86.3 Å². The average molecular weight is 317 g/mol. The van der Waals surface area contributed by atoms with Crippen LogP contribution in [0.15, 0.2) is 18.4 Å². The molecule has 5 heteroatoms. The smallest absolute Gasteiger partial charge is 0.399 e. The normalized spacial score (nSPS) is 50.3. The second kappa shape index (κ2) is 5.53. The Morgan fingerprint density at radius 2 is 2.09 bits per heavy atom. The Morgan fingerprint density at radius 1 is 1.36 bits per heavy atom. The summed E-state index contributed by atoms with van der Waals surface area (Å²) in [6.45, 7) is -1.01. The molecule has 0 bridgehead atoms. The third kappa shape index (κ3) is 2.76. The van der Waals surface area contributed by atoms with Crippen LogP contribution in [0.1, 0.15) is 74.2 Å². The van der Waals surface area contributed by atoms with Gasteiger partial charge in [-0.3, -0.25) is 4.98 Å². The summed E-state index contributed by atoms with van der Waals surface area (Å²) >= 11 is 0. The van der Waals surface area contributed by atoms with E-state index in [0.29, 0.717) is 0 Å². The molecular weight excluding hydrogens is 275 g/mol. The van der Waals surface area contributed by atoms with Crippen molar-refractivity contribution < 1.29 is 29.9 Å². The maximum absolute atomic E-state index is 8.75. The van der Waals surface area contributed by atoms with E-state index >= 15 is 0 Å². The van der Waals surface area contributed by atoms with E-state index in [9.17, 15) is 0 Å². The number of hydrogen-bond donors (Lipinski definition) is 0. The fourth-order valence-electron chi connectivity index (χ4n) is 1.96. The van der Waals surface area contributed by atoms with E-state index in [-0.39, 0.29) is 4.90 Å². The molecule has 0 amide bonds. The molecule has 3 heterocycles. The molecule has 120 valence electrons. The highest BCUT2D eigenvalue weighted by atomic mass is 16.7. The van der Waals surface area contributed by atoms with Crippen molar-refractivity contribution in [3.8, 4) is 0 Å². The van der Waals surface area contributed by atoms with Crippen molar-refractivity contribution in [2.45, 2.75) is 70.9 Å². The van der Waals surface area contributed by atoms with Crippen LogP contribution in [-0.4, -0.2) is 35.8 Å². The number of anilines is 1. The van der Waals surface area contributed by atoms with Gasteiger partial charge in [-0.15, -0.1) is 0 Å². The molecular formula is C17H27BN2O2. The van der Waals surface area contributed by atoms with Gasteiger partial charge in [0.25, 0.3) is 0 Å². The minimum atomic E-state index is -3.93. The van der Waals surface area contributed by atoms with E-state index in [4.69, 9.17) is 29.9 Å². The maximum Gasteiger partial charge on any atom is 0.496 e. The summed E-state index contributed by atoms with van der Waals surface area (Å²) in [7, 11) is -1.49. The molecule has 0 spiro atoms. The summed E-state index contributed by atoms with van der Waals surface area (Å²) < 4.78 is 136. The van der Waals surface area contributed by atoms with Crippen LogP contribution in [0.3, 0.4) is 0 Å². The first kappa shape index (κ1) is 5.78. The van der Waals surface area contributed by atoms with Gasteiger partial charge in [0.2, 0.25) is 0 Å². The monoisotopic (exact) mass is 317 g/mol. The quantitative estimate of drug-likeness (QED) is 0.786. The molecule has 1 atom stereocenters. The van der Waals surface area contributed by atoms with E-state index in [1.807, 2.05) is 0 Å². The van der Waals surface area contributed by atoms with Gasteiger partial charge in [0.15, 0.2) is 0 Å². The van der Waals surface area contributed by atoms with E-state index in [1.165, 1.54) is 0 Å². The minimum absolute atomic E-state index is 0.236. The van der Waals surface area contributed by atoms with Crippen LogP contribution in [0.5, 0.6) is 0 Å². The zero-order valence-corrected chi connectivity index (χ0v) is 12.8. The van der Waals surface area contributed by atoms with Gasteiger partial charge in [-0.25, -0.2) is 0 Å². The molecule has 0 radical (unpaired) electrons. The molecule has 0 aromatic carbocycles. The molecule has 2 aliphatic heterocycles. The summed E-state index contributed by atoms with van der Waals surface area (Å²) in [6, 6.07) is -4.87. The van der Waals surface area contributed by atoms with Crippen LogP contribution < -0.4 is 10.4 Å². The topological polar surface area (TPSA) is 34.6 Å². The number of pyridine rings is 1.